The molecule has 0 aliphatic rings. The van der Waals surface area contributed by atoms with E-state index in [2.05, 4.69) is 21.2 Å². The fraction of sp³-hybridized carbons (Fsp3) is 0. The van der Waals surface area contributed by atoms with Gasteiger partial charge < -0.3 is 11.1 Å². The van der Waals surface area contributed by atoms with Crippen LogP contribution in [0.4, 0.5) is 17.1 Å². The molecule has 2 aromatic carbocycles. The monoisotopic (exact) mass is 369 g/mol. The maximum absolute atomic E-state index is 12.1. The molecule has 6 nitrogen and oxygen atoms in total. The van der Waals surface area contributed by atoms with Gasteiger partial charge in [0.05, 0.1) is 10.5 Å². The highest BCUT2D eigenvalue weighted by Crippen LogP contribution is 2.28. The molecule has 0 radical (unpaired) electrons. The second-order valence-electron chi connectivity index (χ2n) is 4.10. The highest BCUT2D eigenvalue weighted by molar-refractivity contribution is 9.10. The van der Waals surface area contributed by atoms with E-state index < -0.39 is 10.8 Å². The van der Waals surface area contributed by atoms with E-state index in [0.717, 1.165) is 4.47 Å². The molecule has 0 aromatic heterocycles. The lowest BCUT2D eigenvalue weighted by molar-refractivity contribution is -0.383. The van der Waals surface area contributed by atoms with Crippen LogP contribution in [0.15, 0.2) is 40.9 Å². The van der Waals surface area contributed by atoms with Gasteiger partial charge in [0.1, 0.15) is 5.69 Å². The zero-order valence-corrected chi connectivity index (χ0v) is 12.8. The van der Waals surface area contributed by atoms with Crippen LogP contribution < -0.4 is 11.1 Å². The third-order valence-electron chi connectivity index (χ3n) is 2.66. The van der Waals surface area contributed by atoms with Crippen molar-refractivity contribution in [2.75, 3.05) is 11.1 Å². The van der Waals surface area contributed by atoms with E-state index in [-0.39, 0.29) is 27.6 Å². The SMILES string of the molecule is Nc1cc(Br)ccc1C(=O)Nc1ccc(Cl)cc1[N+](=O)[O-]. The lowest BCUT2D eigenvalue weighted by Crippen LogP contribution is -2.15. The fourth-order valence-corrected chi connectivity index (χ4v) is 2.24. The Hall–Kier alpha value is -2.12. The van der Waals surface area contributed by atoms with Crippen molar-refractivity contribution in [1.29, 1.82) is 0 Å². The van der Waals surface area contributed by atoms with Crippen molar-refractivity contribution in [3.63, 3.8) is 0 Å². The molecule has 0 atom stereocenters. The highest BCUT2D eigenvalue weighted by atomic mass is 79.9. The molecular formula is C13H9BrClN3O3. The van der Waals surface area contributed by atoms with Gasteiger partial charge in [0.15, 0.2) is 0 Å². The van der Waals surface area contributed by atoms with Crippen LogP contribution in [-0.2, 0) is 0 Å². The van der Waals surface area contributed by atoms with E-state index in [1.165, 1.54) is 24.3 Å². The van der Waals surface area contributed by atoms with Gasteiger partial charge in [0.2, 0.25) is 0 Å². The van der Waals surface area contributed by atoms with Crippen molar-refractivity contribution in [2.45, 2.75) is 0 Å². The summed E-state index contributed by atoms with van der Waals surface area (Å²) in [4.78, 5) is 22.5. The number of rotatable bonds is 3. The summed E-state index contributed by atoms with van der Waals surface area (Å²) < 4.78 is 0.731. The minimum atomic E-state index is -0.619. The van der Waals surface area contributed by atoms with Crippen molar-refractivity contribution in [2.24, 2.45) is 0 Å². The minimum Gasteiger partial charge on any atom is -0.398 e. The lowest BCUT2D eigenvalue weighted by atomic mass is 10.1. The number of carbonyl (C=O) groups is 1. The molecule has 2 aromatic rings. The summed E-state index contributed by atoms with van der Waals surface area (Å²) >= 11 is 8.95. The van der Waals surface area contributed by atoms with E-state index in [9.17, 15) is 14.9 Å². The summed E-state index contributed by atoms with van der Waals surface area (Å²) in [6, 6.07) is 8.74. The predicted molar refractivity (Wildman–Crippen MR) is 84.6 cm³/mol. The quantitative estimate of drug-likeness (QED) is 0.487. The summed E-state index contributed by atoms with van der Waals surface area (Å²) in [5, 5.41) is 13.6. The maximum Gasteiger partial charge on any atom is 0.294 e. The van der Waals surface area contributed by atoms with E-state index >= 15 is 0 Å². The second-order valence-corrected chi connectivity index (χ2v) is 5.46. The molecule has 3 N–H and O–H groups in total. The molecule has 8 heteroatoms. The first-order chi connectivity index (χ1) is 9.88. The maximum atomic E-state index is 12.1. The Morgan fingerprint density at radius 3 is 2.62 bits per heavy atom. The van der Waals surface area contributed by atoms with E-state index in [4.69, 9.17) is 17.3 Å². The first-order valence-corrected chi connectivity index (χ1v) is 6.86. The van der Waals surface area contributed by atoms with Gasteiger partial charge in [-0.15, -0.1) is 0 Å². The summed E-state index contributed by atoms with van der Waals surface area (Å²) in [7, 11) is 0. The molecule has 1 amide bonds. The Bertz CT molecular complexity index is 737. The number of nitrogen functional groups attached to an aromatic ring is 1. The smallest absolute Gasteiger partial charge is 0.294 e. The van der Waals surface area contributed by atoms with Gasteiger partial charge in [-0.05, 0) is 30.3 Å². The summed E-state index contributed by atoms with van der Waals surface area (Å²) in [5.41, 5.74) is 6.01. The van der Waals surface area contributed by atoms with Crippen LogP contribution in [-0.4, -0.2) is 10.8 Å². The molecule has 0 saturated carbocycles. The third-order valence-corrected chi connectivity index (χ3v) is 3.39. The standard InChI is InChI=1S/C13H9BrClN3O3/c14-7-1-3-9(10(16)5-7)13(19)17-11-4-2-8(15)6-12(11)18(20)21/h1-6H,16H2,(H,17,19). The molecule has 0 aliphatic heterocycles. The van der Waals surface area contributed by atoms with Gasteiger partial charge in [-0.3, -0.25) is 14.9 Å². The van der Waals surface area contributed by atoms with Crippen LogP contribution in [0.1, 0.15) is 10.4 Å². The van der Waals surface area contributed by atoms with Gasteiger partial charge in [-0.25, -0.2) is 0 Å². The van der Waals surface area contributed by atoms with Gasteiger partial charge in [-0.1, -0.05) is 27.5 Å². The average Bonchev–Trinajstić information content (AvgIpc) is 2.40. The second kappa shape index (κ2) is 6.11. The van der Waals surface area contributed by atoms with E-state index in [1.807, 2.05) is 0 Å². The number of nitrogens with one attached hydrogen (secondary N) is 1. The number of hydrogen-bond acceptors (Lipinski definition) is 4. The number of benzene rings is 2. The van der Waals surface area contributed by atoms with E-state index in [1.54, 1.807) is 12.1 Å². The van der Waals surface area contributed by atoms with Gasteiger partial charge in [-0.2, -0.15) is 0 Å². The van der Waals surface area contributed by atoms with Gasteiger partial charge in [0, 0.05) is 21.2 Å². The third kappa shape index (κ3) is 3.50. The first-order valence-electron chi connectivity index (χ1n) is 5.69. The molecule has 108 valence electrons. The number of nitrogens with zero attached hydrogens (tertiary/aromatic N) is 1. The Morgan fingerprint density at radius 2 is 2.00 bits per heavy atom. The predicted octanol–water partition coefficient (Wildman–Crippen LogP) is 3.85. The molecule has 0 aliphatic carbocycles. The van der Waals surface area contributed by atoms with Crippen LogP contribution >= 0.6 is 27.5 Å². The number of nitro groups is 1. The molecular weight excluding hydrogens is 362 g/mol. The van der Waals surface area contributed by atoms with Crippen molar-refractivity contribution < 1.29 is 9.72 Å². The lowest BCUT2D eigenvalue weighted by Gasteiger charge is -2.08. The zero-order chi connectivity index (χ0) is 15.6. The first kappa shape index (κ1) is 15.3. The van der Waals surface area contributed by atoms with E-state index in [0.29, 0.717) is 0 Å². The number of anilines is 2. The highest BCUT2D eigenvalue weighted by Gasteiger charge is 2.18. The molecule has 21 heavy (non-hydrogen) atoms. The Kier molecular flexibility index (Phi) is 4.44. The van der Waals surface area contributed by atoms with Crippen LogP contribution in [0.3, 0.4) is 0 Å². The largest absolute Gasteiger partial charge is 0.398 e. The van der Waals surface area contributed by atoms with Crippen LogP contribution in [0.5, 0.6) is 0 Å². The molecule has 0 bridgehead atoms. The number of hydrogen-bond donors (Lipinski definition) is 2. The van der Waals surface area contributed by atoms with Crippen LogP contribution in [0.25, 0.3) is 0 Å². The fourth-order valence-electron chi connectivity index (χ4n) is 1.69. The van der Waals surface area contributed by atoms with Crippen molar-refractivity contribution in [3.8, 4) is 0 Å². The summed E-state index contributed by atoms with van der Waals surface area (Å²) in [6.45, 7) is 0. The van der Waals surface area contributed by atoms with Gasteiger partial charge >= 0.3 is 0 Å². The Balaban J connectivity index is 2.34. The molecule has 0 spiro atoms. The number of nitro benzene ring substituents is 1. The van der Waals surface area contributed by atoms with Gasteiger partial charge in [0.25, 0.3) is 11.6 Å². The zero-order valence-electron chi connectivity index (χ0n) is 10.5. The number of amides is 1. The Labute approximate surface area is 133 Å². The number of carbonyl (C=O) groups excluding carboxylic acids is 1. The summed E-state index contributed by atoms with van der Waals surface area (Å²) in [5.74, 6) is -0.537. The normalized spacial score (nSPS) is 10.2. The van der Waals surface area contributed by atoms with Crippen molar-refractivity contribution in [1.82, 2.24) is 0 Å². The van der Waals surface area contributed by atoms with Crippen molar-refractivity contribution in [3.05, 3.63) is 61.6 Å². The summed E-state index contributed by atoms with van der Waals surface area (Å²) in [6.07, 6.45) is 0. The molecule has 2 rings (SSSR count). The topological polar surface area (TPSA) is 98.3 Å². The molecule has 0 unspecified atom stereocenters. The average molecular weight is 371 g/mol. The molecule has 0 fully saturated rings. The minimum absolute atomic E-state index is 0.0525. The Morgan fingerprint density at radius 1 is 1.29 bits per heavy atom. The van der Waals surface area contributed by atoms with Crippen molar-refractivity contribution >= 4 is 50.5 Å². The van der Waals surface area contributed by atoms with Crippen LogP contribution in [0, 0.1) is 10.1 Å². The van der Waals surface area contributed by atoms with Crippen LogP contribution in [0.2, 0.25) is 5.02 Å². The molecule has 0 saturated heterocycles. The number of nitrogens with two attached hydrogens (primary N) is 1. The molecule has 0 heterocycles. The number of halogens is 2.